The Morgan fingerprint density at radius 3 is 2.96 bits per heavy atom. The molecule has 23 heavy (non-hydrogen) atoms. The van der Waals surface area contributed by atoms with Gasteiger partial charge in [0.2, 0.25) is 0 Å². The van der Waals surface area contributed by atoms with Crippen LogP contribution in [0.1, 0.15) is 24.6 Å². The number of nitrogens with one attached hydrogen (secondary N) is 1. The molecule has 2 rings (SSSR count). The van der Waals surface area contributed by atoms with E-state index in [2.05, 4.69) is 15.0 Å². The maximum atomic E-state index is 11.9. The van der Waals surface area contributed by atoms with Gasteiger partial charge in [0.15, 0.2) is 0 Å². The predicted molar refractivity (Wildman–Crippen MR) is 80.4 cm³/mol. The molecule has 1 aliphatic rings. The SMILES string of the molecule is [B-]P(=O)([O-])CC[C@H]1O[C@@H](n2cc(C)c(=O)[nH]c2=O)C[C@@H]1N=[N+]=[N-]. The molecule has 1 unspecified atom stereocenters. The van der Waals surface area contributed by atoms with Gasteiger partial charge in [-0.3, -0.25) is 14.3 Å². The van der Waals surface area contributed by atoms with Crippen molar-refractivity contribution in [3.63, 3.8) is 0 Å². The fourth-order valence-electron chi connectivity index (χ4n) is 2.44. The van der Waals surface area contributed by atoms with E-state index in [1.165, 1.54) is 17.7 Å². The van der Waals surface area contributed by atoms with Gasteiger partial charge in [0.25, 0.3) is 5.56 Å². The van der Waals surface area contributed by atoms with E-state index in [9.17, 15) is 19.0 Å². The van der Waals surface area contributed by atoms with E-state index in [-0.39, 0.29) is 19.0 Å². The molecular formula is C11H14BN5O5P-2. The number of hydrogen-bond donors (Lipinski definition) is 1. The van der Waals surface area contributed by atoms with Crippen LogP contribution in [0.5, 0.6) is 0 Å². The van der Waals surface area contributed by atoms with Crippen LogP contribution in [0.3, 0.4) is 0 Å². The summed E-state index contributed by atoms with van der Waals surface area (Å²) in [6, 6.07) is -0.629. The first-order valence-electron chi connectivity index (χ1n) is 6.81. The lowest BCUT2D eigenvalue weighted by molar-refractivity contribution is -0.169. The molecule has 1 saturated heterocycles. The van der Waals surface area contributed by atoms with E-state index in [4.69, 9.17) is 17.8 Å². The molecule has 3 radical (unpaired) electrons. The molecule has 0 saturated carbocycles. The van der Waals surface area contributed by atoms with Gasteiger partial charge in [-0.05, 0) is 25.0 Å². The van der Waals surface area contributed by atoms with Gasteiger partial charge in [-0.1, -0.05) is 5.11 Å². The van der Waals surface area contributed by atoms with Gasteiger partial charge < -0.3 is 21.8 Å². The van der Waals surface area contributed by atoms with Crippen LogP contribution in [-0.2, 0) is 9.30 Å². The van der Waals surface area contributed by atoms with Crippen LogP contribution in [0.15, 0.2) is 20.9 Å². The summed E-state index contributed by atoms with van der Waals surface area (Å²) in [6.45, 7) is 1.54. The fourth-order valence-corrected chi connectivity index (χ4v) is 3.06. The molecule has 0 aromatic carbocycles. The largest absolute Gasteiger partial charge is 0.834 e. The number of ether oxygens (including phenoxy) is 1. The van der Waals surface area contributed by atoms with E-state index in [0.29, 0.717) is 5.56 Å². The Morgan fingerprint density at radius 1 is 1.65 bits per heavy atom. The average molecular weight is 338 g/mol. The highest BCUT2D eigenvalue weighted by Crippen LogP contribution is 2.36. The summed E-state index contributed by atoms with van der Waals surface area (Å²) >= 11 is 0. The highest BCUT2D eigenvalue weighted by molar-refractivity contribution is 7.81. The topological polar surface area (TPSA) is 153 Å². The third-order valence-electron chi connectivity index (χ3n) is 3.59. The maximum absolute atomic E-state index is 11.9. The monoisotopic (exact) mass is 338 g/mol. The zero-order valence-electron chi connectivity index (χ0n) is 12.3. The molecule has 1 fully saturated rings. The fraction of sp³-hybridized carbons (Fsp3) is 0.636. The first-order chi connectivity index (χ1) is 10.7. The van der Waals surface area contributed by atoms with E-state index >= 15 is 0 Å². The van der Waals surface area contributed by atoms with Gasteiger partial charge in [0, 0.05) is 23.1 Å². The van der Waals surface area contributed by atoms with Crippen molar-refractivity contribution in [1.29, 1.82) is 0 Å². The number of azide groups is 1. The average Bonchev–Trinajstić information content (AvgIpc) is 2.83. The minimum atomic E-state index is -3.96. The van der Waals surface area contributed by atoms with Crippen molar-refractivity contribution in [3.05, 3.63) is 43.0 Å². The summed E-state index contributed by atoms with van der Waals surface area (Å²) < 4.78 is 17.9. The predicted octanol–water partition coefficient (Wildman–Crippen LogP) is -0.0766. The number of hydrogen-bond acceptors (Lipinski definition) is 6. The van der Waals surface area contributed by atoms with Crippen LogP contribution in [0.2, 0.25) is 0 Å². The van der Waals surface area contributed by atoms with Crippen molar-refractivity contribution in [2.24, 2.45) is 5.11 Å². The molecule has 1 aromatic rings. The molecule has 0 aliphatic carbocycles. The third kappa shape index (κ3) is 4.36. The summed E-state index contributed by atoms with van der Waals surface area (Å²) in [5, 5.41) is 3.59. The molecular weight excluding hydrogens is 324 g/mol. The minimum Gasteiger partial charge on any atom is -0.834 e. The van der Waals surface area contributed by atoms with Crippen molar-refractivity contribution in [1.82, 2.24) is 9.55 Å². The lowest BCUT2D eigenvalue weighted by Crippen LogP contribution is -2.33. The van der Waals surface area contributed by atoms with Crippen molar-refractivity contribution >= 4 is 14.8 Å². The van der Waals surface area contributed by atoms with Crippen molar-refractivity contribution in [2.75, 3.05) is 6.16 Å². The Hall–Kier alpha value is -1.80. The van der Waals surface area contributed by atoms with E-state index < -0.39 is 36.9 Å². The van der Waals surface area contributed by atoms with Gasteiger partial charge >= 0.3 is 5.69 Å². The maximum Gasteiger partial charge on any atom is 0.330 e. The number of aryl methyl sites for hydroxylation is 1. The van der Waals surface area contributed by atoms with Crippen LogP contribution in [0, 0.1) is 6.92 Å². The second-order valence-corrected chi connectivity index (χ2v) is 7.25. The van der Waals surface area contributed by atoms with E-state index in [1.54, 1.807) is 0 Å². The second-order valence-electron chi connectivity index (χ2n) is 5.35. The number of H-pyrrole nitrogens is 1. The molecule has 12 heteroatoms. The molecule has 0 bridgehead atoms. The highest BCUT2D eigenvalue weighted by Gasteiger charge is 2.35. The van der Waals surface area contributed by atoms with E-state index in [0.717, 1.165) is 0 Å². The van der Waals surface area contributed by atoms with Crippen molar-refractivity contribution < 1.29 is 14.2 Å². The van der Waals surface area contributed by atoms with Crippen molar-refractivity contribution in [2.45, 2.75) is 38.1 Å². The zero-order valence-corrected chi connectivity index (χ0v) is 13.2. The highest BCUT2D eigenvalue weighted by atomic mass is 31.2. The van der Waals surface area contributed by atoms with Crippen LogP contribution in [0.4, 0.5) is 0 Å². The van der Waals surface area contributed by atoms with Crippen LogP contribution >= 0.6 is 7.25 Å². The molecule has 123 valence electrons. The normalized spacial score (nSPS) is 26.5. The molecule has 2 heterocycles. The first kappa shape index (κ1) is 17.6. The Bertz CT molecular complexity index is 795. The van der Waals surface area contributed by atoms with E-state index in [1.807, 2.05) is 0 Å². The molecule has 10 nitrogen and oxygen atoms in total. The molecule has 1 aliphatic heterocycles. The molecule has 4 atom stereocenters. The van der Waals surface area contributed by atoms with Gasteiger partial charge in [-0.2, -0.15) is 0 Å². The van der Waals surface area contributed by atoms with Gasteiger partial charge in [0.1, 0.15) is 6.23 Å². The molecule has 0 spiro atoms. The quantitative estimate of drug-likeness (QED) is 0.262. The van der Waals surface area contributed by atoms with Crippen LogP contribution in [0.25, 0.3) is 10.4 Å². The summed E-state index contributed by atoms with van der Waals surface area (Å²) in [4.78, 5) is 39.2. The summed E-state index contributed by atoms with van der Waals surface area (Å²) in [7, 11) is 1.03. The van der Waals surface area contributed by atoms with Gasteiger partial charge in [0.05, 0.1) is 12.1 Å². The number of nitrogens with zero attached hydrogens (tertiary/aromatic N) is 4. The second kappa shape index (κ2) is 6.76. The number of rotatable bonds is 5. The Morgan fingerprint density at radius 2 is 2.35 bits per heavy atom. The molecule has 0 amide bonds. The van der Waals surface area contributed by atoms with Crippen LogP contribution in [-0.4, -0.2) is 35.4 Å². The Labute approximate surface area is 131 Å². The van der Waals surface area contributed by atoms with Crippen LogP contribution < -0.4 is 16.1 Å². The Balaban J connectivity index is 2.24. The summed E-state index contributed by atoms with van der Waals surface area (Å²) in [5.41, 5.74) is 7.78. The lowest BCUT2D eigenvalue weighted by Gasteiger charge is -2.34. The Kier molecular flexibility index (Phi) is 5.16. The molecule has 1 N–H and O–H groups in total. The first-order valence-corrected chi connectivity index (χ1v) is 8.69. The minimum absolute atomic E-state index is 0.0501. The zero-order chi connectivity index (χ0) is 17.2. The smallest absolute Gasteiger partial charge is 0.330 e. The third-order valence-corrected chi connectivity index (χ3v) is 4.47. The number of aromatic amines is 1. The molecule has 1 aromatic heterocycles. The summed E-state index contributed by atoms with van der Waals surface area (Å²) in [6.07, 6.45) is -0.157. The van der Waals surface area contributed by atoms with Gasteiger partial charge in [-0.15, -0.1) is 0 Å². The standard InChI is InChI=1S/C11H15BN5O5P/c1-6-5-17(11(19)14-10(6)18)9-4-7(15-16-13)8(22-9)2-3-23(12,20)21/h5,7-9H,2-4H2,1H3,(H,20,21)(H,14,18,19)/q-1/p-1/t7-,8+,9+/m0/s1. The number of aromatic nitrogens is 2. The summed E-state index contributed by atoms with van der Waals surface area (Å²) in [5.74, 6) is 0. The van der Waals surface area contributed by atoms with Crippen molar-refractivity contribution in [3.8, 4) is 0 Å². The lowest BCUT2D eigenvalue weighted by atomic mass is 10.1. The van der Waals surface area contributed by atoms with Gasteiger partial charge in [-0.25, -0.2) is 12.0 Å².